The van der Waals surface area contributed by atoms with Gasteiger partial charge >= 0.3 is 0 Å². The number of aryl methyl sites for hydroxylation is 1. The zero-order valence-corrected chi connectivity index (χ0v) is 26.3. The summed E-state index contributed by atoms with van der Waals surface area (Å²) in [5.74, 6) is -0.919. The molecular formula is C30H34Cl3N3O4S. The maximum Gasteiger partial charge on any atom is 0.264 e. The predicted molar refractivity (Wildman–Crippen MR) is 166 cm³/mol. The molecule has 220 valence electrons. The van der Waals surface area contributed by atoms with Gasteiger partial charge in [0.15, 0.2) is 0 Å². The van der Waals surface area contributed by atoms with Crippen molar-refractivity contribution in [2.75, 3.05) is 17.4 Å². The Hall–Kier alpha value is -2.78. The molecule has 0 aliphatic heterocycles. The summed E-state index contributed by atoms with van der Waals surface area (Å²) >= 11 is 18.9. The molecule has 11 heteroatoms. The first-order valence-corrected chi connectivity index (χ1v) is 15.9. The van der Waals surface area contributed by atoms with Crippen molar-refractivity contribution in [2.45, 2.75) is 57.5 Å². The summed E-state index contributed by atoms with van der Waals surface area (Å²) in [6.07, 6.45) is 1.97. The fourth-order valence-corrected chi connectivity index (χ4v) is 6.37. The summed E-state index contributed by atoms with van der Waals surface area (Å²) in [5.41, 5.74) is 1.59. The fraction of sp³-hybridized carbons (Fsp3) is 0.333. The van der Waals surface area contributed by atoms with E-state index in [1.807, 2.05) is 19.9 Å². The number of amides is 2. The van der Waals surface area contributed by atoms with E-state index in [9.17, 15) is 18.0 Å². The van der Waals surface area contributed by atoms with Gasteiger partial charge in [-0.05, 0) is 73.9 Å². The molecule has 1 atom stereocenters. The number of hydrogen-bond donors (Lipinski definition) is 1. The molecule has 0 aliphatic carbocycles. The van der Waals surface area contributed by atoms with Crippen LogP contribution >= 0.6 is 34.8 Å². The lowest BCUT2D eigenvalue weighted by atomic mass is 10.1. The van der Waals surface area contributed by atoms with Crippen LogP contribution in [0.15, 0.2) is 71.6 Å². The normalized spacial score (nSPS) is 12.0. The SMILES string of the molecule is CCCCNC(=O)[C@@H](CC)N(Cc1c(Cl)cccc1Cl)C(=O)CN(c1cccc(C)c1)S(=O)(=O)c1ccc(Cl)cc1. The Morgan fingerprint density at radius 1 is 0.927 bits per heavy atom. The van der Waals surface area contributed by atoms with Crippen molar-refractivity contribution in [2.24, 2.45) is 0 Å². The Morgan fingerprint density at radius 3 is 2.15 bits per heavy atom. The lowest BCUT2D eigenvalue weighted by molar-refractivity contribution is -0.140. The van der Waals surface area contributed by atoms with Crippen LogP contribution < -0.4 is 9.62 Å². The Balaban J connectivity index is 2.08. The molecule has 0 bridgehead atoms. The van der Waals surface area contributed by atoms with E-state index in [1.165, 1.54) is 29.2 Å². The molecule has 0 unspecified atom stereocenters. The van der Waals surface area contributed by atoms with Crippen LogP contribution in [0.4, 0.5) is 5.69 Å². The van der Waals surface area contributed by atoms with Crippen molar-refractivity contribution in [1.29, 1.82) is 0 Å². The topological polar surface area (TPSA) is 86.8 Å². The maximum absolute atomic E-state index is 14.1. The molecule has 3 aromatic rings. The first-order chi connectivity index (χ1) is 19.5. The number of benzene rings is 3. The van der Waals surface area contributed by atoms with Crippen molar-refractivity contribution in [3.05, 3.63) is 92.9 Å². The molecule has 0 heterocycles. The standard InChI is InChI=1S/C30H34Cl3N3O4S/c1-4-6-17-34-30(38)28(5-2)35(19-25-26(32)11-8-12-27(25)33)29(37)20-36(23-10-7-9-21(3)18-23)41(39,40)24-15-13-22(31)14-16-24/h7-16,18,28H,4-6,17,19-20H2,1-3H3,(H,34,38)/t28-/m1/s1. The first-order valence-electron chi connectivity index (χ1n) is 13.3. The summed E-state index contributed by atoms with van der Waals surface area (Å²) in [7, 11) is -4.20. The van der Waals surface area contributed by atoms with E-state index in [0.29, 0.717) is 39.3 Å². The molecule has 1 N–H and O–H groups in total. The average Bonchev–Trinajstić information content (AvgIpc) is 2.93. The van der Waals surface area contributed by atoms with E-state index in [0.717, 1.165) is 22.7 Å². The lowest BCUT2D eigenvalue weighted by Gasteiger charge is -2.33. The number of nitrogens with one attached hydrogen (secondary N) is 1. The van der Waals surface area contributed by atoms with Crippen molar-refractivity contribution in [3.8, 4) is 0 Å². The highest BCUT2D eigenvalue weighted by atomic mass is 35.5. The molecule has 0 spiro atoms. The summed E-state index contributed by atoms with van der Waals surface area (Å²) < 4.78 is 28.9. The minimum absolute atomic E-state index is 0.0266. The van der Waals surface area contributed by atoms with E-state index in [2.05, 4.69) is 5.32 Å². The molecule has 0 radical (unpaired) electrons. The molecule has 3 rings (SSSR count). The number of halogens is 3. The summed E-state index contributed by atoms with van der Waals surface area (Å²) in [6, 6.07) is 16.7. The van der Waals surface area contributed by atoms with Crippen molar-refractivity contribution in [3.63, 3.8) is 0 Å². The number of sulfonamides is 1. The number of anilines is 1. The molecule has 7 nitrogen and oxygen atoms in total. The van der Waals surface area contributed by atoms with E-state index in [4.69, 9.17) is 34.8 Å². The zero-order chi connectivity index (χ0) is 30.2. The van der Waals surface area contributed by atoms with Gasteiger partial charge in [0.25, 0.3) is 10.0 Å². The van der Waals surface area contributed by atoms with Gasteiger partial charge < -0.3 is 10.2 Å². The molecule has 2 amide bonds. The first kappa shape index (κ1) is 32.7. The third-order valence-corrected chi connectivity index (χ3v) is 9.32. The molecule has 41 heavy (non-hydrogen) atoms. The van der Waals surface area contributed by atoms with Gasteiger partial charge in [-0.1, -0.05) is 73.3 Å². The predicted octanol–water partition coefficient (Wildman–Crippen LogP) is 6.87. The summed E-state index contributed by atoms with van der Waals surface area (Å²) in [4.78, 5) is 28.8. The van der Waals surface area contributed by atoms with Crippen LogP contribution in [-0.2, 0) is 26.2 Å². The molecular weight excluding hydrogens is 605 g/mol. The number of hydrogen-bond acceptors (Lipinski definition) is 4. The second-order valence-electron chi connectivity index (χ2n) is 9.60. The van der Waals surface area contributed by atoms with Crippen LogP contribution in [0.2, 0.25) is 15.1 Å². The highest BCUT2D eigenvalue weighted by Crippen LogP contribution is 2.29. The minimum Gasteiger partial charge on any atom is -0.354 e. The van der Waals surface area contributed by atoms with Crippen LogP contribution in [0, 0.1) is 6.92 Å². The van der Waals surface area contributed by atoms with Crippen molar-refractivity contribution in [1.82, 2.24) is 10.2 Å². The number of carbonyl (C=O) groups excluding carboxylic acids is 2. The lowest BCUT2D eigenvalue weighted by Crippen LogP contribution is -2.52. The molecule has 0 aliphatic rings. The van der Waals surface area contributed by atoms with Crippen LogP contribution in [0.3, 0.4) is 0 Å². The molecule has 0 saturated carbocycles. The van der Waals surface area contributed by atoms with Gasteiger partial charge in [0, 0.05) is 33.7 Å². The average molecular weight is 639 g/mol. The smallest absolute Gasteiger partial charge is 0.264 e. The Labute approximate surface area is 257 Å². The zero-order valence-electron chi connectivity index (χ0n) is 23.2. The number of rotatable bonds is 13. The second-order valence-corrected chi connectivity index (χ2v) is 12.7. The van der Waals surface area contributed by atoms with Gasteiger partial charge in [0.05, 0.1) is 10.6 Å². The van der Waals surface area contributed by atoms with Gasteiger partial charge in [0.1, 0.15) is 12.6 Å². The van der Waals surface area contributed by atoms with E-state index in [-0.39, 0.29) is 17.3 Å². The number of carbonyl (C=O) groups is 2. The number of unbranched alkanes of at least 4 members (excludes halogenated alkanes) is 1. The third kappa shape index (κ3) is 8.38. The molecule has 0 fully saturated rings. The van der Waals surface area contributed by atoms with Crippen LogP contribution in [0.5, 0.6) is 0 Å². The monoisotopic (exact) mass is 637 g/mol. The highest BCUT2D eigenvalue weighted by molar-refractivity contribution is 7.92. The van der Waals surface area contributed by atoms with E-state index < -0.39 is 28.5 Å². The van der Waals surface area contributed by atoms with Gasteiger partial charge in [0.2, 0.25) is 11.8 Å². The summed E-state index contributed by atoms with van der Waals surface area (Å²) in [6.45, 7) is 5.45. The largest absolute Gasteiger partial charge is 0.354 e. The number of nitrogens with zero attached hydrogens (tertiary/aromatic N) is 2. The van der Waals surface area contributed by atoms with Gasteiger partial charge in [-0.15, -0.1) is 0 Å². The van der Waals surface area contributed by atoms with Crippen molar-refractivity contribution < 1.29 is 18.0 Å². The maximum atomic E-state index is 14.1. The Morgan fingerprint density at radius 2 is 1.56 bits per heavy atom. The Kier molecular flexibility index (Phi) is 11.9. The van der Waals surface area contributed by atoms with Crippen LogP contribution in [0.25, 0.3) is 0 Å². The molecule has 3 aromatic carbocycles. The quantitative estimate of drug-likeness (QED) is 0.207. The van der Waals surface area contributed by atoms with E-state index >= 15 is 0 Å². The minimum atomic E-state index is -4.20. The molecule has 0 aromatic heterocycles. The van der Waals surface area contributed by atoms with Gasteiger partial charge in [-0.25, -0.2) is 8.42 Å². The highest BCUT2D eigenvalue weighted by Gasteiger charge is 2.34. The summed E-state index contributed by atoms with van der Waals surface area (Å²) in [5, 5.41) is 3.94. The van der Waals surface area contributed by atoms with E-state index in [1.54, 1.807) is 43.3 Å². The van der Waals surface area contributed by atoms with Gasteiger partial charge in [-0.2, -0.15) is 0 Å². The fourth-order valence-electron chi connectivity index (χ4n) is 4.33. The second kappa shape index (κ2) is 14.9. The van der Waals surface area contributed by atoms with Crippen LogP contribution in [0.1, 0.15) is 44.2 Å². The van der Waals surface area contributed by atoms with Crippen molar-refractivity contribution >= 4 is 62.3 Å². The van der Waals surface area contributed by atoms with Gasteiger partial charge in [-0.3, -0.25) is 13.9 Å². The molecule has 0 saturated heterocycles. The van der Waals surface area contributed by atoms with Crippen LogP contribution in [-0.4, -0.2) is 44.3 Å². The third-order valence-electron chi connectivity index (χ3n) is 6.58. The Bertz CT molecular complexity index is 1450.